The second kappa shape index (κ2) is 8.27. The van der Waals surface area contributed by atoms with Gasteiger partial charge >= 0.3 is 0 Å². The lowest BCUT2D eigenvalue weighted by atomic mass is 10.2. The third-order valence-electron chi connectivity index (χ3n) is 3.86. The van der Waals surface area contributed by atoms with E-state index in [9.17, 15) is 13.6 Å². The zero-order valence-electron chi connectivity index (χ0n) is 14.5. The molecule has 0 saturated heterocycles. The number of hydrogen-bond donors (Lipinski definition) is 2. The van der Waals surface area contributed by atoms with E-state index in [1.165, 1.54) is 24.4 Å². The second-order valence-electron chi connectivity index (χ2n) is 5.65. The molecule has 0 fully saturated rings. The Morgan fingerprint density at radius 3 is 2.56 bits per heavy atom. The van der Waals surface area contributed by atoms with Gasteiger partial charge in [-0.2, -0.15) is 0 Å². The Morgan fingerprint density at radius 2 is 1.81 bits per heavy atom. The Labute approximate surface area is 155 Å². The number of para-hydroxylation sites is 2. The van der Waals surface area contributed by atoms with Gasteiger partial charge < -0.3 is 15.4 Å². The van der Waals surface area contributed by atoms with Crippen molar-refractivity contribution >= 4 is 17.3 Å². The minimum absolute atomic E-state index is 0.117. The quantitative estimate of drug-likeness (QED) is 0.688. The van der Waals surface area contributed by atoms with Crippen LogP contribution < -0.4 is 15.4 Å². The lowest BCUT2D eigenvalue weighted by molar-refractivity contribution is 0.0945. The van der Waals surface area contributed by atoms with Crippen LogP contribution in [-0.2, 0) is 6.54 Å². The molecule has 1 heterocycles. The van der Waals surface area contributed by atoms with Gasteiger partial charge in [0.1, 0.15) is 28.8 Å². The monoisotopic (exact) mass is 369 g/mol. The van der Waals surface area contributed by atoms with Crippen molar-refractivity contribution in [1.29, 1.82) is 0 Å². The number of methoxy groups -OCH3 is 1. The van der Waals surface area contributed by atoms with Gasteiger partial charge in [-0.15, -0.1) is 0 Å². The summed E-state index contributed by atoms with van der Waals surface area (Å²) in [5.74, 6) is -1.21. The van der Waals surface area contributed by atoms with E-state index in [1.54, 1.807) is 13.2 Å². The number of carbonyl (C=O) groups is 1. The standard InChI is InChI=1S/C20H17F2N3O2/c1-27-18-8-3-2-5-13(18)12-24-20(26)17-11-14(9-10-23-17)25-19-15(21)6-4-7-16(19)22/h2-11H,12H2,1H3,(H,23,25)(H,24,26). The fourth-order valence-corrected chi connectivity index (χ4v) is 2.51. The summed E-state index contributed by atoms with van der Waals surface area (Å²) in [7, 11) is 1.55. The van der Waals surface area contributed by atoms with E-state index in [-0.39, 0.29) is 17.9 Å². The number of benzene rings is 2. The van der Waals surface area contributed by atoms with Gasteiger partial charge in [-0.3, -0.25) is 9.78 Å². The Hall–Kier alpha value is -3.48. The van der Waals surface area contributed by atoms with Gasteiger partial charge in [0.2, 0.25) is 0 Å². The number of anilines is 2. The van der Waals surface area contributed by atoms with Crippen molar-refractivity contribution in [3.8, 4) is 5.75 Å². The molecule has 0 radical (unpaired) electrons. The largest absolute Gasteiger partial charge is 0.496 e. The Bertz CT molecular complexity index is 943. The predicted molar refractivity (Wildman–Crippen MR) is 98.0 cm³/mol. The molecule has 0 atom stereocenters. The lowest BCUT2D eigenvalue weighted by Crippen LogP contribution is -2.24. The molecule has 0 aliphatic carbocycles. The summed E-state index contributed by atoms with van der Waals surface area (Å²) in [4.78, 5) is 16.4. The summed E-state index contributed by atoms with van der Waals surface area (Å²) in [6.45, 7) is 0.254. The maximum atomic E-state index is 13.8. The van der Waals surface area contributed by atoms with Crippen molar-refractivity contribution in [2.24, 2.45) is 0 Å². The molecule has 2 N–H and O–H groups in total. The number of hydrogen-bond acceptors (Lipinski definition) is 4. The van der Waals surface area contributed by atoms with Gasteiger partial charge in [0, 0.05) is 24.0 Å². The smallest absolute Gasteiger partial charge is 0.270 e. The number of nitrogens with zero attached hydrogens (tertiary/aromatic N) is 1. The summed E-state index contributed by atoms with van der Waals surface area (Å²) in [6, 6.07) is 13.8. The van der Waals surface area contributed by atoms with Gasteiger partial charge in [-0.05, 0) is 30.3 Å². The minimum atomic E-state index is -0.728. The molecule has 3 rings (SSSR count). The van der Waals surface area contributed by atoms with E-state index in [4.69, 9.17) is 4.74 Å². The van der Waals surface area contributed by atoms with Crippen LogP contribution in [0.2, 0.25) is 0 Å². The number of ether oxygens (including phenoxy) is 1. The van der Waals surface area contributed by atoms with Gasteiger partial charge in [0.25, 0.3) is 5.91 Å². The molecule has 0 spiro atoms. The van der Waals surface area contributed by atoms with E-state index < -0.39 is 17.5 Å². The lowest BCUT2D eigenvalue weighted by Gasteiger charge is -2.11. The predicted octanol–water partition coefficient (Wildman–Crippen LogP) is 4.04. The van der Waals surface area contributed by atoms with Crippen LogP contribution in [0, 0.1) is 11.6 Å². The molecule has 27 heavy (non-hydrogen) atoms. The van der Waals surface area contributed by atoms with E-state index in [0.29, 0.717) is 11.4 Å². The molecule has 0 saturated carbocycles. The van der Waals surface area contributed by atoms with Crippen LogP contribution in [0.3, 0.4) is 0 Å². The number of aromatic nitrogens is 1. The van der Waals surface area contributed by atoms with Crippen LogP contribution in [0.15, 0.2) is 60.8 Å². The number of rotatable bonds is 6. The van der Waals surface area contributed by atoms with E-state index in [2.05, 4.69) is 15.6 Å². The average Bonchev–Trinajstić information content (AvgIpc) is 2.69. The molecule has 1 aromatic heterocycles. The minimum Gasteiger partial charge on any atom is -0.496 e. The molecular weight excluding hydrogens is 352 g/mol. The van der Waals surface area contributed by atoms with Crippen molar-refractivity contribution < 1.29 is 18.3 Å². The van der Waals surface area contributed by atoms with E-state index in [1.807, 2.05) is 18.2 Å². The van der Waals surface area contributed by atoms with Crippen molar-refractivity contribution in [1.82, 2.24) is 10.3 Å². The highest BCUT2D eigenvalue weighted by Crippen LogP contribution is 2.23. The molecule has 0 aliphatic rings. The molecule has 5 nitrogen and oxygen atoms in total. The fraction of sp³-hybridized carbons (Fsp3) is 0.100. The van der Waals surface area contributed by atoms with Crippen LogP contribution in [0.4, 0.5) is 20.2 Å². The maximum Gasteiger partial charge on any atom is 0.270 e. The van der Waals surface area contributed by atoms with Gasteiger partial charge in [-0.25, -0.2) is 8.78 Å². The normalized spacial score (nSPS) is 10.3. The summed E-state index contributed by atoms with van der Waals surface area (Å²) < 4.78 is 32.8. The summed E-state index contributed by atoms with van der Waals surface area (Å²) >= 11 is 0. The molecule has 1 amide bonds. The molecule has 0 bridgehead atoms. The molecule has 0 aliphatic heterocycles. The van der Waals surface area contributed by atoms with Crippen LogP contribution in [0.25, 0.3) is 0 Å². The van der Waals surface area contributed by atoms with Crippen LogP contribution >= 0.6 is 0 Å². The zero-order chi connectivity index (χ0) is 19.2. The Morgan fingerprint density at radius 1 is 1.07 bits per heavy atom. The Kier molecular flexibility index (Phi) is 5.61. The molecule has 138 valence electrons. The van der Waals surface area contributed by atoms with Crippen molar-refractivity contribution in [2.75, 3.05) is 12.4 Å². The fourth-order valence-electron chi connectivity index (χ4n) is 2.51. The number of amides is 1. The number of carbonyl (C=O) groups excluding carboxylic acids is 1. The number of halogens is 2. The highest BCUT2D eigenvalue weighted by atomic mass is 19.1. The van der Waals surface area contributed by atoms with Crippen LogP contribution in [-0.4, -0.2) is 18.0 Å². The Balaban J connectivity index is 1.72. The van der Waals surface area contributed by atoms with Gasteiger partial charge in [0.05, 0.1) is 7.11 Å². The zero-order valence-corrected chi connectivity index (χ0v) is 14.5. The number of nitrogens with one attached hydrogen (secondary N) is 2. The highest BCUT2D eigenvalue weighted by Gasteiger charge is 2.12. The molecular formula is C20H17F2N3O2. The van der Waals surface area contributed by atoms with Crippen molar-refractivity contribution in [3.63, 3.8) is 0 Å². The first-order valence-corrected chi connectivity index (χ1v) is 8.15. The SMILES string of the molecule is COc1ccccc1CNC(=O)c1cc(Nc2c(F)cccc2F)ccn1. The van der Waals surface area contributed by atoms with E-state index >= 15 is 0 Å². The first kappa shape index (κ1) is 18.3. The second-order valence-corrected chi connectivity index (χ2v) is 5.65. The first-order chi connectivity index (χ1) is 13.1. The topological polar surface area (TPSA) is 63.2 Å². The van der Waals surface area contributed by atoms with Crippen molar-refractivity contribution in [3.05, 3.63) is 83.7 Å². The van der Waals surface area contributed by atoms with Crippen LogP contribution in [0.1, 0.15) is 16.1 Å². The molecule has 7 heteroatoms. The van der Waals surface area contributed by atoms with Gasteiger partial charge in [-0.1, -0.05) is 24.3 Å². The summed E-state index contributed by atoms with van der Waals surface area (Å²) in [5, 5.41) is 5.38. The van der Waals surface area contributed by atoms with Gasteiger partial charge in [0.15, 0.2) is 0 Å². The average molecular weight is 369 g/mol. The maximum absolute atomic E-state index is 13.8. The third-order valence-corrected chi connectivity index (χ3v) is 3.86. The number of pyridine rings is 1. The highest BCUT2D eigenvalue weighted by molar-refractivity contribution is 5.93. The summed E-state index contributed by atoms with van der Waals surface area (Å²) in [6.07, 6.45) is 1.39. The van der Waals surface area contributed by atoms with Crippen molar-refractivity contribution in [2.45, 2.75) is 6.54 Å². The summed E-state index contributed by atoms with van der Waals surface area (Å²) in [5.41, 5.74) is 0.989. The first-order valence-electron chi connectivity index (χ1n) is 8.15. The molecule has 0 unspecified atom stereocenters. The van der Waals surface area contributed by atoms with E-state index in [0.717, 1.165) is 17.7 Å². The van der Waals surface area contributed by atoms with Crippen LogP contribution in [0.5, 0.6) is 5.75 Å². The molecule has 2 aromatic carbocycles. The molecule has 3 aromatic rings. The third kappa shape index (κ3) is 4.38.